The zero-order chi connectivity index (χ0) is 14.4. The van der Waals surface area contributed by atoms with E-state index in [9.17, 15) is 9.59 Å². The van der Waals surface area contributed by atoms with Gasteiger partial charge in [0.15, 0.2) is 0 Å². The van der Waals surface area contributed by atoms with Crippen molar-refractivity contribution in [2.75, 3.05) is 19.8 Å². The Hall–Kier alpha value is -1.30. The van der Waals surface area contributed by atoms with Crippen molar-refractivity contribution >= 4 is 12.0 Å². The Morgan fingerprint density at radius 3 is 2.33 bits per heavy atom. The van der Waals surface area contributed by atoms with Gasteiger partial charge in [0, 0.05) is 13.2 Å². The van der Waals surface area contributed by atoms with Gasteiger partial charge in [0.1, 0.15) is 0 Å². The quantitative estimate of drug-likeness (QED) is 0.578. The molecule has 6 heteroatoms. The summed E-state index contributed by atoms with van der Waals surface area (Å²) >= 11 is 0. The van der Waals surface area contributed by atoms with Gasteiger partial charge in [0.25, 0.3) is 0 Å². The van der Waals surface area contributed by atoms with Crippen LogP contribution in [0.15, 0.2) is 0 Å². The van der Waals surface area contributed by atoms with Crippen LogP contribution in [0.1, 0.15) is 40.0 Å². The SMILES string of the molecule is CCCCCNC(=O)O.CCOCC(C)C(N)=O. The van der Waals surface area contributed by atoms with E-state index in [0.717, 1.165) is 19.3 Å². The number of hydrogen-bond acceptors (Lipinski definition) is 3. The van der Waals surface area contributed by atoms with Crippen molar-refractivity contribution < 1.29 is 19.4 Å². The minimum absolute atomic E-state index is 0.162. The number of nitrogens with one attached hydrogen (secondary N) is 1. The van der Waals surface area contributed by atoms with Crippen LogP contribution in [-0.4, -0.2) is 36.9 Å². The number of carbonyl (C=O) groups is 2. The third-order valence-electron chi connectivity index (χ3n) is 2.11. The first kappa shape index (κ1) is 19.0. The summed E-state index contributed by atoms with van der Waals surface area (Å²) in [6, 6.07) is 0. The molecule has 0 rings (SSSR count). The molecule has 0 heterocycles. The van der Waals surface area contributed by atoms with Gasteiger partial charge < -0.3 is 20.9 Å². The molecule has 0 fully saturated rings. The summed E-state index contributed by atoms with van der Waals surface area (Å²) in [7, 11) is 0. The molecule has 1 atom stereocenters. The first-order chi connectivity index (χ1) is 8.45. The Morgan fingerprint density at radius 1 is 1.33 bits per heavy atom. The molecule has 0 spiro atoms. The highest BCUT2D eigenvalue weighted by Gasteiger charge is 2.06. The van der Waals surface area contributed by atoms with E-state index in [2.05, 4.69) is 12.2 Å². The van der Waals surface area contributed by atoms with Crippen LogP contribution >= 0.6 is 0 Å². The van der Waals surface area contributed by atoms with E-state index in [1.54, 1.807) is 6.92 Å². The zero-order valence-electron chi connectivity index (χ0n) is 11.6. The molecule has 0 aromatic rings. The molecule has 1 unspecified atom stereocenters. The standard InChI is InChI=1S/2C6H13NO2/c1-3-9-4-5(2)6(7)8;1-2-3-4-5-7-6(8)9/h5H,3-4H2,1-2H3,(H2,7,8);7H,2-5H2,1H3,(H,8,9). The van der Waals surface area contributed by atoms with Crippen LogP contribution in [0.25, 0.3) is 0 Å². The summed E-state index contributed by atoms with van der Waals surface area (Å²) in [5, 5.41) is 10.4. The Bertz CT molecular complexity index is 222. The average molecular weight is 262 g/mol. The van der Waals surface area contributed by atoms with E-state index in [1.165, 1.54) is 0 Å². The summed E-state index contributed by atoms with van der Waals surface area (Å²) in [4.78, 5) is 20.2. The number of primary amides is 1. The maximum absolute atomic E-state index is 10.3. The topological polar surface area (TPSA) is 102 Å². The van der Waals surface area contributed by atoms with E-state index < -0.39 is 6.09 Å². The number of rotatable bonds is 8. The number of hydrogen-bond donors (Lipinski definition) is 3. The van der Waals surface area contributed by atoms with Gasteiger partial charge in [-0.2, -0.15) is 0 Å². The normalized spacial score (nSPS) is 11.1. The molecule has 2 amide bonds. The number of unbranched alkanes of at least 4 members (excludes halogenated alkanes) is 2. The number of amides is 2. The molecule has 0 aliphatic heterocycles. The molecule has 4 N–H and O–H groups in total. The van der Waals surface area contributed by atoms with E-state index in [1.807, 2.05) is 6.92 Å². The molecule has 108 valence electrons. The number of carbonyl (C=O) groups excluding carboxylic acids is 1. The van der Waals surface area contributed by atoms with E-state index in [4.69, 9.17) is 15.6 Å². The Labute approximate surface area is 109 Å². The van der Waals surface area contributed by atoms with Gasteiger partial charge in [-0.3, -0.25) is 4.79 Å². The molecular weight excluding hydrogens is 236 g/mol. The third kappa shape index (κ3) is 17.1. The molecule has 0 aromatic heterocycles. The Balaban J connectivity index is 0. The summed E-state index contributed by atoms with van der Waals surface area (Å²) in [5.41, 5.74) is 4.96. The Morgan fingerprint density at radius 2 is 1.94 bits per heavy atom. The van der Waals surface area contributed by atoms with Crippen LogP contribution in [0.4, 0.5) is 4.79 Å². The Kier molecular flexibility index (Phi) is 14.6. The minimum Gasteiger partial charge on any atom is -0.465 e. The van der Waals surface area contributed by atoms with Crippen molar-refractivity contribution in [3.8, 4) is 0 Å². The fraction of sp³-hybridized carbons (Fsp3) is 0.833. The lowest BCUT2D eigenvalue weighted by Gasteiger charge is -2.04. The molecule has 18 heavy (non-hydrogen) atoms. The molecule has 0 saturated heterocycles. The van der Waals surface area contributed by atoms with Crippen LogP contribution in [0, 0.1) is 5.92 Å². The summed E-state index contributed by atoms with van der Waals surface area (Å²) in [6.45, 7) is 7.37. The third-order valence-corrected chi connectivity index (χ3v) is 2.11. The van der Waals surface area contributed by atoms with Crippen molar-refractivity contribution in [2.24, 2.45) is 11.7 Å². The van der Waals surface area contributed by atoms with Crippen molar-refractivity contribution in [3.05, 3.63) is 0 Å². The van der Waals surface area contributed by atoms with E-state index in [0.29, 0.717) is 19.8 Å². The van der Waals surface area contributed by atoms with Gasteiger partial charge in [-0.1, -0.05) is 26.7 Å². The number of nitrogens with two attached hydrogens (primary N) is 1. The first-order valence-electron chi connectivity index (χ1n) is 6.29. The molecule has 0 aliphatic carbocycles. The predicted octanol–water partition coefficient (Wildman–Crippen LogP) is 1.59. The average Bonchev–Trinajstić information content (AvgIpc) is 2.32. The largest absolute Gasteiger partial charge is 0.465 e. The van der Waals surface area contributed by atoms with Crippen molar-refractivity contribution in [3.63, 3.8) is 0 Å². The molecule has 0 radical (unpaired) electrons. The highest BCUT2D eigenvalue weighted by atomic mass is 16.5. The van der Waals surface area contributed by atoms with Crippen molar-refractivity contribution in [1.82, 2.24) is 5.32 Å². The van der Waals surface area contributed by atoms with Crippen molar-refractivity contribution in [2.45, 2.75) is 40.0 Å². The van der Waals surface area contributed by atoms with Crippen LogP contribution in [0.2, 0.25) is 0 Å². The predicted molar refractivity (Wildman–Crippen MR) is 70.4 cm³/mol. The van der Waals surface area contributed by atoms with Crippen LogP contribution in [0.5, 0.6) is 0 Å². The summed E-state index contributed by atoms with van der Waals surface area (Å²) in [6.07, 6.45) is 2.25. The van der Waals surface area contributed by atoms with Gasteiger partial charge in [-0.15, -0.1) is 0 Å². The molecule has 0 bridgehead atoms. The highest BCUT2D eigenvalue weighted by Crippen LogP contribution is 1.92. The zero-order valence-corrected chi connectivity index (χ0v) is 11.6. The van der Waals surface area contributed by atoms with Crippen LogP contribution in [0.3, 0.4) is 0 Å². The lowest BCUT2D eigenvalue weighted by atomic mass is 10.2. The first-order valence-corrected chi connectivity index (χ1v) is 6.29. The van der Waals surface area contributed by atoms with Gasteiger partial charge in [0.2, 0.25) is 5.91 Å². The second kappa shape index (κ2) is 13.8. The van der Waals surface area contributed by atoms with Gasteiger partial charge in [-0.25, -0.2) is 4.79 Å². The maximum Gasteiger partial charge on any atom is 0.404 e. The summed E-state index contributed by atoms with van der Waals surface area (Å²) in [5.74, 6) is -0.464. The second-order valence-corrected chi connectivity index (χ2v) is 3.90. The molecule has 0 aliphatic rings. The fourth-order valence-corrected chi connectivity index (χ4v) is 0.947. The van der Waals surface area contributed by atoms with E-state index in [-0.39, 0.29) is 11.8 Å². The smallest absolute Gasteiger partial charge is 0.404 e. The second-order valence-electron chi connectivity index (χ2n) is 3.90. The maximum atomic E-state index is 10.3. The highest BCUT2D eigenvalue weighted by molar-refractivity contribution is 5.76. The molecule has 0 saturated carbocycles. The monoisotopic (exact) mass is 262 g/mol. The van der Waals surface area contributed by atoms with E-state index >= 15 is 0 Å². The molecule has 6 nitrogen and oxygen atoms in total. The molecular formula is C12H26N2O4. The van der Waals surface area contributed by atoms with Crippen LogP contribution in [-0.2, 0) is 9.53 Å². The lowest BCUT2D eigenvalue weighted by Crippen LogP contribution is -2.24. The van der Waals surface area contributed by atoms with Crippen molar-refractivity contribution in [1.29, 1.82) is 0 Å². The number of carboxylic acid groups (broad SMARTS) is 1. The minimum atomic E-state index is -0.925. The van der Waals surface area contributed by atoms with Crippen LogP contribution < -0.4 is 11.1 Å². The fourth-order valence-electron chi connectivity index (χ4n) is 0.947. The molecule has 0 aromatic carbocycles. The van der Waals surface area contributed by atoms with Gasteiger partial charge in [-0.05, 0) is 13.3 Å². The lowest BCUT2D eigenvalue weighted by molar-refractivity contribution is -0.123. The number of ether oxygens (including phenoxy) is 1. The van der Waals surface area contributed by atoms with Gasteiger partial charge in [0.05, 0.1) is 12.5 Å². The van der Waals surface area contributed by atoms with Gasteiger partial charge >= 0.3 is 6.09 Å². The summed E-state index contributed by atoms with van der Waals surface area (Å²) < 4.78 is 4.96.